The number of aromatic nitrogens is 3. The van der Waals surface area contributed by atoms with Gasteiger partial charge >= 0.3 is 0 Å². The van der Waals surface area contributed by atoms with Crippen molar-refractivity contribution in [1.82, 2.24) is 13.9 Å². The molecule has 0 saturated heterocycles. The van der Waals surface area contributed by atoms with E-state index in [0.717, 1.165) is 32.6 Å². The van der Waals surface area contributed by atoms with E-state index in [1.54, 1.807) is 54.4 Å². The Hall–Kier alpha value is -3.49. The minimum atomic E-state index is -3.80. The molecule has 0 radical (unpaired) electrons. The Labute approximate surface area is 190 Å². The number of benzene rings is 2. The van der Waals surface area contributed by atoms with E-state index in [4.69, 9.17) is 0 Å². The van der Waals surface area contributed by atoms with Gasteiger partial charge in [0.1, 0.15) is 0 Å². The molecule has 0 bridgehead atoms. The molecule has 0 amide bonds. The number of rotatable bonds is 5. The summed E-state index contributed by atoms with van der Waals surface area (Å²) in [4.78, 5) is 11.9. The van der Waals surface area contributed by atoms with Crippen molar-refractivity contribution in [3.8, 4) is 21.6 Å². The Morgan fingerprint density at radius 3 is 2.34 bits per heavy atom. The largest absolute Gasteiger partial charge is 0.378 e. The predicted molar refractivity (Wildman–Crippen MR) is 130 cm³/mol. The molecule has 3 aromatic heterocycles. The van der Waals surface area contributed by atoms with Crippen LogP contribution in [0, 0.1) is 0 Å². The molecule has 0 aliphatic carbocycles. The van der Waals surface area contributed by atoms with Gasteiger partial charge in [0.2, 0.25) is 0 Å². The molecule has 0 fully saturated rings. The quantitative estimate of drug-likeness (QED) is 0.364. The summed E-state index contributed by atoms with van der Waals surface area (Å²) in [5, 5.41) is 0.767. The second-order valence-electron chi connectivity index (χ2n) is 7.56. The Balaban J connectivity index is 1.71. The third-order valence-electron chi connectivity index (χ3n) is 5.33. The van der Waals surface area contributed by atoms with Gasteiger partial charge in [-0.1, -0.05) is 30.3 Å². The highest BCUT2D eigenvalue weighted by molar-refractivity contribution is 7.90. The van der Waals surface area contributed by atoms with Gasteiger partial charge in [0, 0.05) is 54.9 Å². The Bertz CT molecular complexity index is 1490. The van der Waals surface area contributed by atoms with Crippen molar-refractivity contribution in [2.45, 2.75) is 4.90 Å². The Morgan fingerprint density at radius 2 is 1.69 bits per heavy atom. The van der Waals surface area contributed by atoms with Gasteiger partial charge in [-0.15, -0.1) is 11.3 Å². The fourth-order valence-corrected chi connectivity index (χ4v) is 5.62. The van der Waals surface area contributed by atoms with E-state index in [1.807, 2.05) is 37.2 Å². The summed E-state index contributed by atoms with van der Waals surface area (Å²) in [5.41, 5.74) is 5.96. The summed E-state index contributed by atoms with van der Waals surface area (Å²) >= 11 is 1.46. The van der Waals surface area contributed by atoms with Gasteiger partial charge in [-0.2, -0.15) is 0 Å². The molecule has 0 saturated carbocycles. The molecule has 0 unspecified atom stereocenters. The van der Waals surface area contributed by atoms with Crippen LogP contribution in [0.2, 0.25) is 0 Å². The zero-order valence-electron chi connectivity index (χ0n) is 17.5. The summed E-state index contributed by atoms with van der Waals surface area (Å²) < 4.78 is 28.1. The van der Waals surface area contributed by atoms with Gasteiger partial charge in [0.05, 0.1) is 15.3 Å². The first-order valence-electron chi connectivity index (χ1n) is 9.93. The molecule has 8 heteroatoms. The van der Waals surface area contributed by atoms with Crippen LogP contribution in [0.15, 0.2) is 89.7 Å². The highest BCUT2D eigenvalue weighted by atomic mass is 32.2. The van der Waals surface area contributed by atoms with Crippen LogP contribution in [0.25, 0.3) is 32.6 Å². The van der Waals surface area contributed by atoms with Crippen molar-refractivity contribution >= 4 is 38.1 Å². The standard InChI is InChI=1S/C24H20N4O2S2/c1-27(2)19-10-8-17(9-11-19)18-12-21-22(23-14-25-16-31-23)15-28(24(21)26-13-18)32(29,30)20-6-4-3-5-7-20/h3-16H,1-2H3. The maximum absolute atomic E-state index is 13.4. The van der Waals surface area contributed by atoms with E-state index in [2.05, 4.69) is 22.1 Å². The average molecular weight is 461 g/mol. The molecule has 0 aliphatic rings. The van der Waals surface area contributed by atoms with E-state index in [-0.39, 0.29) is 4.90 Å². The van der Waals surface area contributed by atoms with Crippen LogP contribution >= 0.6 is 11.3 Å². The lowest BCUT2D eigenvalue weighted by Gasteiger charge is -2.12. The highest BCUT2D eigenvalue weighted by Gasteiger charge is 2.23. The monoisotopic (exact) mass is 460 g/mol. The van der Waals surface area contributed by atoms with Crippen molar-refractivity contribution in [2.24, 2.45) is 0 Å². The van der Waals surface area contributed by atoms with Crippen LogP contribution in [-0.2, 0) is 10.0 Å². The van der Waals surface area contributed by atoms with Crippen molar-refractivity contribution in [3.63, 3.8) is 0 Å². The van der Waals surface area contributed by atoms with Gasteiger partial charge in [-0.3, -0.25) is 4.98 Å². The van der Waals surface area contributed by atoms with Gasteiger partial charge < -0.3 is 4.90 Å². The summed E-state index contributed by atoms with van der Waals surface area (Å²) in [5.74, 6) is 0. The molecule has 0 aliphatic heterocycles. The lowest BCUT2D eigenvalue weighted by Crippen LogP contribution is -2.12. The summed E-state index contributed by atoms with van der Waals surface area (Å²) in [7, 11) is 0.204. The summed E-state index contributed by atoms with van der Waals surface area (Å²) in [6, 6.07) is 18.6. The first-order valence-corrected chi connectivity index (χ1v) is 12.3. The van der Waals surface area contributed by atoms with Crippen LogP contribution in [-0.4, -0.2) is 36.5 Å². The maximum Gasteiger partial charge on any atom is 0.269 e. The van der Waals surface area contributed by atoms with Crippen molar-refractivity contribution in [2.75, 3.05) is 19.0 Å². The third-order valence-corrected chi connectivity index (χ3v) is 7.80. The van der Waals surface area contributed by atoms with Crippen LogP contribution in [0.3, 0.4) is 0 Å². The summed E-state index contributed by atoms with van der Waals surface area (Å²) in [6.45, 7) is 0. The third kappa shape index (κ3) is 3.47. The lowest BCUT2D eigenvalue weighted by atomic mass is 10.0. The van der Waals surface area contributed by atoms with Crippen molar-refractivity contribution in [1.29, 1.82) is 0 Å². The molecule has 0 spiro atoms. The summed E-state index contributed by atoms with van der Waals surface area (Å²) in [6.07, 6.45) is 5.12. The van der Waals surface area contributed by atoms with Crippen molar-refractivity contribution < 1.29 is 8.42 Å². The second-order valence-corrected chi connectivity index (χ2v) is 10.3. The van der Waals surface area contributed by atoms with Gasteiger partial charge in [0.15, 0.2) is 5.65 Å². The van der Waals surface area contributed by atoms with Crippen molar-refractivity contribution in [3.05, 3.63) is 84.8 Å². The fourth-order valence-electron chi connectivity index (χ4n) is 3.62. The minimum Gasteiger partial charge on any atom is -0.378 e. The number of fused-ring (bicyclic) bond motifs is 1. The number of hydrogen-bond donors (Lipinski definition) is 0. The Kier molecular flexibility index (Phi) is 5.03. The molecular formula is C24H20N4O2S2. The molecule has 3 heterocycles. The highest BCUT2D eigenvalue weighted by Crippen LogP contribution is 2.36. The molecule has 6 nitrogen and oxygen atoms in total. The zero-order valence-corrected chi connectivity index (χ0v) is 19.1. The minimum absolute atomic E-state index is 0.220. The van der Waals surface area contributed by atoms with Gasteiger partial charge in [-0.05, 0) is 35.9 Å². The van der Waals surface area contributed by atoms with Crippen LogP contribution < -0.4 is 4.90 Å². The average Bonchev–Trinajstić information content (AvgIpc) is 3.47. The molecule has 160 valence electrons. The number of hydrogen-bond acceptors (Lipinski definition) is 6. The van der Waals surface area contributed by atoms with E-state index in [0.29, 0.717) is 5.65 Å². The molecule has 0 N–H and O–H groups in total. The van der Waals surface area contributed by atoms with Gasteiger partial charge in [0.25, 0.3) is 10.0 Å². The topological polar surface area (TPSA) is 68.1 Å². The molecular weight excluding hydrogens is 440 g/mol. The number of pyridine rings is 1. The van der Waals surface area contributed by atoms with Gasteiger partial charge in [-0.25, -0.2) is 17.4 Å². The number of thiazole rings is 1. The number of nitrogens with zero attached hydrogens (tertiary/aromatic N) is 4. The number of anilines is 1. The van der Waals surface area contributed by atoms with Crippen LogP contribution in [0.5, 0.6) is 0 Å². The maximum atomic E-state index is 13.4. The lowest BCUT2D eigenvalue weighted by molar-refractivity contribution is 0.589. The first-order chi connectivity index (χ1) is 15.4. The van der Waals surface area contributed by atoms with Crippen LogP contribution in [0.1, 0.15) is 0 Å². The molecule has 5 rings (SSSR count). The normalized spacial score (nSPS) is 11.7. The van der Waals surface area contributed by atoms with E-state index >= 15 is 0 Å². The first kappa shape index (κ1) is 20.4. The van der Waals surface area contributed by atoms with E-state index < -0.39 is 10.0 Å². The van der Waals surface area contributed by atoms with Crippen LogP contribution in [0.4, 0.5) is 5.69 Å². The molecule has 0 atom stereocenters. The second kappa shape index (κ2) is 7.89. The molecule has 5 aromatic rings. The smallest absolute Gasteiger partial charge is 0.269 e. The van der Waals surface area contributed by atoms with E-state index in [9.17, 15) is 8.42 Å². The SMILES string of the molecule is CN(C)c1ccc(-c2cnc3c(c2)c(-c2cncs2)cn3S(=O)(=O)c2ccccc2)cc1. The molecule has 32 heavy (non-hydrogen) atoms. The Morgan fingerprint density at radius 1 is 0.938 bits per heavy atom. The fraction of sp³-hybridized carbons (Fsp3) is 0.0833. The predicted octanol–water partition coefficient (Wildman–Crippen LogP) is 5.13. The molecule has 2 aromatic carbocycles. The van der Waals surface area contributed by atoms with E-state index in [1.165, 1.54) is 15.3 Å². The zero-order chi connectivity index (χ0) is 22.3.